The van der Waals surface area contributed by atoms with E-state index in [1.165, 1.54) is 17.8 Å². The first-order valence-corrected chi connectivity index (χ1v) is 7.25. The van der Waals surface area contributed by atoms with Gasteiger partial charge in [0.15, 0.2) is 0 Å². The maximum atomic E-state index is 11.7. The van der Waals surface area contributed by atoms with Crippen LogP contribution in [0.3, 0.4) is 0 Å². The molecule has 108 valence electrons. The smallest absolute Gasteiger partial charge is 0.335 e. The Labute approximate surface area is 126 Å². The van der Waals surface area contributed by atoms with Crippen LogP contribution in [0.15, 0.2) is 53.7 Å². The summed E-state index contributed by atoms with van der Waals surface area (Å²) in [6, 6.07) is 10.2. The van der Waals surface area contributed by atoms with Crippen molar-refractivity contribution in [3.05, 3.63) is 59.9 Å². The lowest BCUT2D eigenvalue weighted by Crippen LogP contribution is -2.24. The summed E-state index contributed by atoms with van der Waals surface area (Å²) in [6.07, 6.45) is 3.36. The predicted octanol–water partition coefficient (Wildman–Crippen LogP) is 2.19. The van der Waals surface area contributed by atoms with Crippen LogP contribution in [0.2, 0.25) is 0 Å². The summed E-state index contributed by atoms with van der Waals surface area (Å²) in [5.74, 6) is -0.767. The van der Waals surface area contributed by atoms with E-state index >= 15 is 0 Å². The molecule has 2 rings (SSSR count). The second-order valence-electron chi connectivity index (χ2n) is 4.25. The molecule has 2 aromatic rings. The first-order chi connectivity index (χ1) is 10.1. The number of carboxylic acid groups (broad SMARTS) is 1. The fourth-order valence-electron chi connectivity index (χ4n) is 1.65. The average Bonchev–Trinajstić information content (AvgIpc) is 2.52. The van der Waals surface area contributed by atoms with Crippen LogP contribution in [0.1, 0.15) is 15.9 Å². The van der Waals surface area contributed by atoms with Gasteiger partial charge in [0.1, 0.15) is 0 Å². The molecule has 21 heavy (non-hydrogen) atoms. The number of hydrogen-bond acceptors (Lipinski definition) is 4. The Hall–Kier alpha value is -2.34. The van der Waals surface area contributed by atoms with Crippen molar-refractivity contribution < 1.29 is 14.7 Å². The quantitative estimate of drug-likeness (QED) is 0.800. The van der Waals surface area contributed by atoms with Gasteiger partial charge >= 0.3 is 5.97 Å². The van der Waals surface area contributed by atoms with E-state index in [9.17, 15) is 9.59 Å². The Morgan fingerprint density at radius 1 is 1.19 bits per heavy atom. The molecular formula is C15H14N2O3S. The number of nitrogens with zero attached hydrogens (tertiary/aromatic N) is 1. The van der Waals surface area contributed by atoms with Gasteiger partial charge in [-0.3, -0.25) is 9.78 Å². The van der Waals surface area contributed by atoms with E-state index in [4.69, 9.17) is 5.11 Å². The third-order valence-corrected chi connectivity index (χ3v) is 3.70. The minimum atomic E-state index is -0.976. The van der Waals surface area contributed by atoms with Gasteiger partial charge in [-0.1, -0.05) is 12.1 Å². The third-order valence-electron chi connectivity index (χ3n) is 2.68. The minimum Gasteiger partial charge on any atom is -0.478 e. The van der Waals surface area contributed by atoms with Crippen molar-refractivity contribution in [2.45, 2.75) is 11.4 Å². The van der Waals surface area contributed by atoms with Crippen LogP contribution in [0.4, 0.5) is 0 Å². The van der Waals surface area contributed by atoms with Crippen molar-refractivity contribution in [2.75, 3.05) is 5.75 Å². The van der Waals surface area contributed by atoms with Crippen molar-refractivity contribution in [1.29, 1.82) is 0 Å². The van der Waals surface area contributed by atoms with E-state index in [0.717, 1.165) is 10.5 Å². The summed E-state index contributed by atoms with van der Waals surface area (Å²) in [5, 5.41) is 11.7. The van der Waals surface area contributed by atoms with Crippen LogP contribution in [0, 0.1) is 0 Å². The molecule has 0 fully saturated rings. The fraction of sp³-hybridized carbons (Fsp3) is 0.133. The lowest BCUT2D eigenvalue weighted by molar-refractivity contribution is -0.118. The van der Waals surface area contributed by atoms with Gasteiger partial charge in [0.25, 0.3) is 0 Å². The standard InChI is InChI=1S/C15H14N2O3S/c18-14(10-21-13-4-6-16-7-5-13)17-9-11-2-1-3-12(8-11)15(19)20/h1-8H,9-10H2,(H,17,18)(H,19,20). The Balaban J connectivity index is 1.81. The molecule has 0 saturated carbocycles. The largest absolute Gasteiger partial charge is 0.478 e. The molecular weight excluding hydrogens is 288 g/mol. The van der Waals surface area contributed by atoms with Crippen molar-refractivity contribution in [3.63, 3.8) is 0 Å². The Morgan fingerprint density at radius 2 is 1.95 bits per heavy atom. The molecule has 0 aliphatic rings. The van der Waals surface area contributed by atoms with E-state index in [0.29, 0.717) is 12.3 Å². The highest BCUT2D eigenvalue weighted by Gasteiger charge is 2.05. The topological polar surface area (TPSA) is 79.3 Å². The van der Waals surface area contributed by atoms with Crippen molar-refractivity contribution in [2.24, 2.45) is 0 Å². The maximum Gasteiger partial charge on any atom is 0.335 e. The molecule has 0 aliphatic heterocycles. The van der Waals surface area contributed by atoms with E-state index in [1.54, 1.807) is 30.6 Å². The number of aromatic carboxylic acids is 1. The van der Waals surface area contributed by atoms with Gasteiger partial charge in [0.2, 0.25) is 5.91 Å². The fourth-order valence-corrected chi connectivity index (χ4v) is 2.36. The van der Waals surface area contributed by atoms with E-state index in [-0.39, 0.29) is 11.5 Å². The molecule has 0 radical (unpaired) electrons. The number of pyridine rings is 1. The number of amides is 1. The first-order valence-electron chi connectivity index (χ1n) is 6.27. The molecule has 0 spiro atoms. The van der Waals surface area contributed by atoms with Gasteiger partial charge < -0.3 is 10.4 Å². The monoisotopic (exact) mass is 302 g/mol. The second kappa shape index (κ2) is 7.44. The summed E-state index contributed by atoms with van der Waals surface area (Å²) >= 11 is 1.43. The van der Waals surface area contributed by atoms with E-state index in [2.05, 4.69) is 10.3 Å². The zero-order valence-corrected chi connectivity index (χ0v) is 12.0. The molecule has 0 saturated heterocycles. The van der Waals surface area contributed by atoms with E-state index < -0.39 is 5.97 Å². The summed E-state index contributed by atoms with van der Waals surface area (Å²) in [6.45, 7) is 0.316. The molecule has 1 aromatic carbocycles. The number of hydrogen-bond donors (Lipinski definition) is 2. The van der Waals surface area contributed by atoms with Crippen molar-refractivity contribution >= 4 is 23.6 Å². The minimum absolute atomic E-state index is 0.0995. The number of rotatable bonds is 6. The highest BCUT2D eigenvalue weighted by Crippen LogP contribution is 2.15. The molecule has 0 bridgehead atoms. The number of carboxylic acids is 1. The maximum absolute atomic E-state index is 11.7. The van der Waals surface area contributed by atoms with E-state index in [1.807, 2.05) is 12.1 Å². The number of carbonyl (C=O) groups is 2. The molecule has 1 amide bonds. The third kappa shape index (κ3) is 4.92. The zero-order chi connectivity index (χ0) is 15.1. The summed E-state index contributed by atoms with van der Waals surface area (Å²) < 4.78 is 0. The van der Waals surface area contributed by atoms with Gasteiger partial charge in [-0.05, 0) is 29.8 Å². The lowest BCUT2D eigenvalue weighted by atomic mass is 10.1. The Kier molecular flexibility index (Phi) is 5.34. The number of aromatic nitrogens is 1. The lowest BCUT2D eigenvalue weighted by Gasteiger charge is -2.06. The second-order valence-corrected chi connectivity index (χ2v) is 5.30. The summed E-state index contributed by atoms with van der Waals surface area (Å²) in [5.41, 5.74) is 0.977. The molecule has 1 aromatic heterocycles. The van der Waals surface area contributed by atoms with Crippen LogP contribution in [-0.4, -0.2) is 27.7 Å². The van der Waals surface area contributed by atoms with Crippen LogP contribution < -0.4 is 5.32 Å². The van der Waals surface area contributed by atoms with Crippen LogP contribution in [-0.2, 0) is 11.3 Å². The SMILES string of the molecule is O=C(CSc1ccncc1)NCc1cccc(C(=O)O)c1. The molecule has 2 N–H and O–H groups in total. The predicted molar refractivity (Wildman–Crippen MR) is 80.2 cm³/mol. The van der Waals surface area contributed by atoms with Crippen molar-refractivity contribution in [1.82, 2.24) is 10.3 Å². The van der Waals surface area contributed by atoms with Gasteiger partial charge in [0, 0.05) is 23.8 Å². The normalized spacial score (nSPS) is 10.1. The van der Waals surface area contributed by atoms with Crippen LogP contribution >= 0.6 is 11.8 Å². The van der Waals surface area contributed by atoms with Crippen LogP contribution in [0.5, 0.6) is 0 Å². The average molecular weight is 302 g/mol. The van der Waals surface area contributed by atoms with Crippen LogP contribution in [0.25, 0.3) is 0 Å². The molecule has 5 nitrogen and oxygen atoms in total. The summed E-state index contributed by atoms with van der Waals surface area (Å²) in [4.78, 5) is 27.5. The van der Waals surface area contributed by atoms with Gasteiger partial charge in [0.05, 0.1) is 11.3 Å². The number of thioether (sulfide) groups is 1. The van der Waals surface area contributed by atoms with Gasteiger partial charge in [-0.15, -0.1) is 11.8 Å². The van der Waals surface area contributed by atoms with Gasteiger partial charge in [-0.2, -0.15) is 0 Å². The Morgan fingerprint density at radius 3 is 2.67 bits per heavy atom. The Bertz CT molecular complexity index is 632. The van der Waals surface area contributed by atoms with Gasteiger partial charge in [-0.25, -0.2) is 4.79 Å². The summed E-state index contributed by atoms with van der Waals surface area (Å²) in [7, 11) is 0. The molecule has 0 unspecified atom stereocenters. The number of nitrogens with one attached hydrogen (secondary N) is 1. The molecule has 0 aliphatic carbocycles. The number of benzene rings is 1. The molecule has 1 heterocycles. The zero-order valence-electron chi connectivity index (χ0n) is 11.2. The molecule has 0 atom stereocenters. The highest BCUT2D eigenvalue weighted by atomic mass is 32.2. The highest BCUT2D eigenvalue weighted by molar-refractivity contribution is 8.00. The number of carbonyl (C=O) groups excluding carboxylic acids is 1. The first kappa shape index (κ1) is 15.1. The van der Waals surface area contributed by atoms with Crippen molar-refractivity contribution in [3.8, 4) is 0 Å². The molecule has 6 heteroatoms.